The number of nitrogens with one attached hydrogen (secondary N) is 1. The van der Waals surface area contributed by atoms with Crippen LogP contribution in [0.4, 0.5) is 10.1 Å². The molecule has 0 saturated carbocycles. The van der Waals surface area contributed by atoms with Gasteiger partial charge in [0, 0.05) is 20.6 Å². The minimum Gasteiger partial charge on any atom is -0.375 e. The van der Waals surface area contributed by atoms with Gasteiger partial charge in [-0.25, -0.2) is 4.39 Å². The van der Waals surface area contributed by atoms with Crippen molar-refractivity contribution in [2.24, 2.45) is 11.1 Å². The summed E-state index contributed by atoms with van der Waals surface area (Å²) in [5.41, 5.74) is 6.43. The number of anilines is 1. The van der Waals surface area contributed by atoms with E-state index in [1.165, 1.54) is 6.07 Å². The van der Waals surface area contributed by atoms with Crippen LogP contribution in [0.5, 0.6) is 0 Å². The monoisotopic (exact) mass is 281 g/mol. The first kappa shape index (κ1) is 16.4. The van der Waals surface area contributed by atoms with Gasteiger partial charge in [-0.2, -0.15) is 0 Å². The zero-order valence-corrected chi connectivity index (χ0v) is 12.8. The van der Waals surface area contributed by atoms with Crippen LogP contribution in [0.25, 0.3) is 0 Å². The Balaban J connectivity index is 2.79. The molecule has 1 aromatic rings. The number of carbonyl (C=O) groups is 1. The number of hydrogen-bond acceptors (Lipinski definition) is 3. The Kier molecular flexibility index (Phi) is 5.11. The molecule has 0 spiro atoms. The van der Waals surface area contributed by atoms with E-state index in [1.807, 2.05) is 26.8 Å². The van der Waals surface area contributed by atoms with E-state index in [4.69, 9.17) is 5.73 Å². The topological polar surface area (TPSA) is 58.4 Å². The maximum atomic E-state index is 13.9. The summed E-state index contributed by atoms with van der Waals surface area (Å²) in [5, 5.41) is 3.10. The van der Waals surface area contributed by atoms with Gasteiger partial charge in [-0.05, 0) is 23.1 Å². The molecule has 0 fully saturated rings. The van der Waals surface area contributed by atoms with Crippen LogP contribution < -0.4 is 16.0 Å². The van der Waals surface area contributed by atoms with Crippen LogP contribution in [0.2, 0.25) is 0 Å². The smallest absolute Gasteiger partial charge is 0.235 e. The van der Waals surface area contributed by atoms with Crippen molar-refractivity contribution in [3.05, 3.63) is 29.6 Å². The quantitative estimate of drug-likeness (QED) is 0.866. The molecule has 1 amide bonds. The predicted molar refractivity (Wildman–Crippen MR) is 80.0 cm³/mol. The van der Waals surface area contributed by atoms with Crippen LogP contribution in [0.15, 0.2) is 18.2 Å². The summed E-state index contributed by atoms with van der Waals surface area (Å²) in [6, 6.07) is 4.58. The number of nitrogens with zero attached hydrogens (tertiary/aromatic N) is 1. The van der Waals surface area contributed by atoms with Gasteiger partial charge in [-0.3, -0.25) is 4.79 Å². The molecule has 1 aromatic carbocycles. The number of halogens is 1. The molecule has 5 heteroatoms. The fourth-order valence-electron chi connectivity index (χ4n) is 2.08. The van der Waals surface area contributed by atoms with Crippen LogP contribution in [0.3, 0.4) is 0 Å². The fourth-order valence-corrected chi connectivity index (χ4v) is 2.08. The van der Waals surface area contributed by atoms with Crippen molar-refractivity contribution in [2.75, 3.05) is 19.0 Å². The minimum absolute atomic E-state index is 0.277. The second-order valence-electron chi connectivity index (χ2n) is 6.26. The van der Waals surface area contributed by atoms with E-state index in [0.717, 1.165) is 5.56 Å². The number of amides is 1. The van der Waals surface area contributed by atoms with Crippen molar-refractivity contribution in [3.8, 4) is 0 Å². The van der Waals surface area contributed by atoms with E-state index >= 15 is 0 Å². The summed E-state index contributed by atoms with van der Waals surface area (Å²) < 4.78 is 13.9. The van der Waals surface area contributed by atoms with Crippen LogP contribution in [-0.2, 0) is 11.3 Å². The third kappa shape index (κ3) is 4.20. The highest BCUT2D eigenvalue weighted by molar-refractivity contribution is 5.80. The second-order valence-corrected chi connectivity index (χ2v) is 6.26. The zero-order valence-electron chi connectivity index (χ0n) is 12.8. The molecule has 0 radical (unpaired) electrons. The van der Waals surface area contributed by atoms with Gasteiger partial charge in [0.2, 0.25) is 5.91 Å². The highest BCUT2D eigenvalue weighted by atomic mass is 19.1. The standard InChI is InChI=1S/C15H24FN3O/c1-15(2,3)13(14(17)20)18-9-10-6-7-12(19(4)5)11(16)8-10/h6-8,13,18H,9H2,1-5H3,(H2,17,20). The maximum Gasteiger partial charge on any atom is 0.235 e. The van der Waals surface area contributed by atoms with E-state index in [-0.39, 0.29) is 11.2 Å². The summed E-state index contributed by atoms with van der Waals surface area (Å²) in [5.74, 6) is -0.677. The van der Waals surface area contributed by atoms with Crippen molar-refractivity contribution in [2.45, 2.75) is 33.4 Å². The molecule has 1 rings (SSSR count). The van der Waals surface area contributed by atoms with Crippen LogP contribution in [-0.4, -0.2) is 26.0 Å². The van der Waals surface area contributed by atoms with Gasteiger partial charge in [0.15, 0.2) is 0 Å². The molecule has 0 saturated heterocycles. The average molecular weight is 281 g/mol. The number of primary amides is 1. The van der Waals surface area contributed by atoms with Crippen molar-refractivity contribution in [1.29, 1.82) is 0 Å². The van der Waals surface area contributed by atoms with Gasteiger partial charge in [-0.15, -0.1) is 0 Å². The second kappa shape index (κ2) is 6.22. The lowest BCUT2D eigenvalue weighted by molar-refractivity contribution is -0.122. The van der Waals surface area contributed by atoms with Gasteiger partial charge < -0.3 is 16.0 Å². The number of rotatable bonds is 5. The number of carbonyl (C=O) groups excluding carboxylic acids is 1. The predicted octanol–water partition coefficient (Wildman–Crippen LogP) is 1.88. The molecule has 0 aliphatic carbocycles. The van der Waals surface area contributed by atoms with Crippen molar-refractivity contribution in [3.63, 3.8) is 0 Å². The molecule has 3 N–H and O–H groups in total. The maximum absolute atomic E-state index is 13.9. The van der Waals surface area contributed by atoms with E-state index in [0.29, 0.717) is 12.2 Å². The summed E-state index contributed by atoms with van der Waals surface area (Å²) in [7, 11) is 3.58. The lowest BCUT2D eigenvalue weighted by Crippen LogP contribution is -2.49. The molecule has 112 valence electrons. The number of hydrogen-bond donors (Lipinski definition) is 2. The van der Waals surface area contributed by atoms with E-state index in [1.54, 1.807) is 25.1 Å². The molecule has 0 aliphatic heterocycles. The lowest BCUT2D eigenvalue weighted by Gasteiger charge is -2.29. The minimum atomic E-state index is -0.459. The van der Waals surface area contributed by atoms with Crippen molar-refractivity contribution >= 4 is 11.6 Å². The van der Waals surface area contributed by atoms with Crippen molar-refractivity contribution in [1.82, 2.24) is 5.32 Å². The molecule has 0 aliphatic rings. The molecule has 0 aromatic heterocycles. The Morgan fingerprint density at radius 3 is 2.40 bits per heavy atom. The van der Waals surface area contributed by atoms with E-state index in [2.05, 4.69) is 5.32 Å². The van der Waals surface area contributed by atoms with Crippen LogP contribution in [0, 0.1) is 11.2 Å². The fraction of sp³-hybridized carbons (Fsp3) is 0.533. The van der Waals surface area contributed by atoms with Gasteiger partial charge in [-0.1, -0.05) is 26.8 Å². The molecular weight excluding hydrogens is 257 g/mol. The first-order chi connectivity index (χ1) is 9.12. The average Bonchev–Trinajstić information content (AvgIpc) is 2.26. The highest BCUT2D eigenvalue weighted by Crippen LogP contribution is 2.21. The molecule has 0 heterocycles. The Morgan fingerprint density at radius 2 is 2.00 bits per heavy atom. The first-order valence-corrected chi connectivity index (χ1v) is 6.61. The van der Waals surface area contributed by atoms with Gasteiger partial charge >= 0.3 is 0 Å². The third-order valence-corrected chi connectivity index (χ3v) is 3.15. The molecule has 1 atom stereocenters. The van der Waals surface area contributed by atoms with Gasteiger partial charge in [0.05, 0.1) is 11.7 Å². The summed E-state index contributed by atoms with van der Waals surface area (Å²) in [4.78, 5) is 13.2. The molecule has 4 nitrogen and oxygen atoms in total. The van der Waals surface area contributed by atoms with E-state index < -0.39 is 11.9 Å². The SMILES string of the molecule is CN(C)c1ccc(CNC(C(N)=O)C(C)(C)C)cc1F. The Bertz CT molecular complexity index is 480. The Hall–Kier alpha value is -1.62. The van der Waals surface area contributed by atoms with Gasteiger partial charge in [0.25, 0.3) is 0 Å². The molecule has 1 unspecified atom stereocenters. The largest absolute Gasteiger partial charge is 0.375 e. The van der Waals surface area contributed by atoms with E-state index in [9.17, 15) is 9.18 Å². The molecular formula is C15H24FN3O. The Labute approximate surface area is 120 Å². The third-order valence-electron chi connectivity index (χ3n) is 3.15. The number of benzene rings is 1. The van der Waals surface area contributed by atoms with Crippen LogP contribution >= 0.6 is 0 Å². The normalized spacial score (nSPS) is 13.1. The number of nitrogens with two attached hydrogens (primary N) is 1. The van der Waals surface area contributed by atoms with Crippen molar-refractivity contribution < 1.29 is 9.18 Å². The first-order valence-electron chi connectivity index (χ1n) is 6.61. The Morgan fingerprint density at radius 1 is 1.40 bits per heavy atom. The lowest BCUT2D eigenvalue weighted by atomic mass is 9.86. The summed E-state index contributed by atoms with van der Waals surface area (Å²) in [6.45, 7) is 6.21. The zero-order chi connectivity index (χ0) is 15.5. The highest BCUT2D eigenvalue weighted by Gasteiger charge is 2.28. The van der Waals surface area contributed by atoms with Crippen LogP contribution in [0.1, 0.15) is 26.3 Å². The molecule has 20 heavy (non-hydrogen) atoms. The summed E-state index contributed by atoms with van der Waals surface area (Å²) in [6.07, 6.45) is 0. The summed E-state index contributed by atoms with van der Waals surface area (Å²) >= 11 is 0. The van der Waals surface area contributed by atoms with Gasteiger partial charge in [0.1, 0.15) is 5.82 Å². The molecule has 0 bridgehead atoms.